The maximum atomic E-state index is 11.0. The van der Waals surface area contributed by atoms with Crippen LogP contribution in [-0.4, -0.2) is 29.3 Å². The second-order valence-electron chi connectivity index (χ2n) is 4.91. The van der Waals surface area contributed by atoms with Crippen LogP contribution in [0.15, 0.2) is 0 Å². The van der Waals surface area contributed by atoms with Crippen LogP contribution in [0.3, 0.4) is 0 Å². The van der Waals surface area contributed by atoms with E-state index in [4.69, 9.17) is 11.6 Å². The minimum Gasteiger partial charge on any atom is -0.300 e. The van der Waals surface area contributed by atoms with Crippen LogP contribution < -0.4 is 0 Å². The highest BCUT2D eigenvalue weighted by Crippen LogP contribution is 2.30. The summed E-state index contributed by atoms with van der Waals surface area (Å²) in [5.41, 5.74) is 0. The number of halogens is 1. The molecule has 0 aromatic heterocycles. The van der Waals surface area contributed by atoms with Crippen LogP contribution in [0.25, 0.3) is 0 Å². The van der Waals surface area contributed by atoms with Gasteiger partial charge in [0, 0.05) is 12.0 Å². The van der Waals surface area contributed by atoms with E-state index < -0.39 is 0 Å². The third kappa shape index (κ3) is 2.94. The number of hydrogen-bond acceptors (Lipinski definition) is 2. The highest BCUT2D eigenvalue weighted by atomic mass is 35.5. The second kappa shape index (κ2) is 5.31. The molecule has 0 unspecified atom stereocenters. The summed E-state index contributed by atoms with van der Waals surface area (Å²) in [5.74, 6) is 0.146. The molecule has 2 nitrogen and oxygen atoms in total. The Morgan fingerprint density at radius 1 is 1.00 bits per heavy atom. The van der Waals surface area contributed by atoms with E-state index in [-0.39, 0.29) is 11.2 Å². The van der Waals surface area contributed by atoms with Crippen molar-refractivity contribution in [2.45, 2.75) is 51.0 Å². The molecule has 2 fully saturated rings. The molecular weight excluding hydrogens is 210 g/mol. The van der Waals surface area contributed by atoms with Crippen molar-refractivity contribution >= 4 is 16.8 Å². The lowest BCUT2D eigenvalue weighted by Crippen LogP contribution is -2.41. The Balaban J connectivity index is 1.79. The van der Waals surface area contributed by atoms with E-state index >= 15 is 0 Å². The van der Waals surface area contributed by atoms with E-state index in [2.05, 4.69) is 4.90 Å². The van der Waals surface area contributed by atoms with Crippen molar-refractivity contribution in [2.24, 2.45) is 5.92 Å². The fraction of sp³-hybridized carbons (Fsp3) is 0.917. The molecule has 1 aliphatic carbocycles. The van der Waals surface area contributed by atoms with Crippen molar-refractivity contribution in [1.82, 2.24) is 4.90 Å². The molecule has 1 heterocycles. The lowest BCUT2D eigenvalue weighted by molar-refractivity contribution is -0.116. The molecule has 3 heteroatoms. The van der Waals surface area contributed by atoms with Crippen molar-refractivity contribution in [2.75, 3.05) is 13.1 Å². The second-order valence-corrected chi connectivity index (χ2v) is 5.28. The molecule has 2 aliphatic rings. The first-order valence-electron chi connectivity index (χ1n) is 6.21. The van der Waals surface area contributed by atoms with E-state index in [0.29, 0.717) is 0 Å². The van der Waals surface area contributed by atoms with Gasteiger partial charge in [-0.2, -0.15) is 0 Å². The van der Waals surface area contributed by atoms with Crippen LogP contribution in [-0.2, 0) is 4.79 Å². The standard InChI is InChI=1S/C12H20ClNO/c13-12(15)10-4-6-11(7-5-10)14-8-2-1-3-9-14/h10-11H,1-9H2. The molecule has 0 aromatic rings. The molecule has 0 bridgehead atoms. The minimum absolute atomic E-state index is 0.118. The Hall–Kier alpha value is -0.0800. The summed E-state index contributed by atoms with van der Waals surface area (Å²) >= 11 is 5.54. The Kier molecular flexibility index (Phi) is 4.04. The summed E-state index contributed by atoms with van der Waals surface area (Å²) in [6.07, 6.45) is 8.45. The minimum atomic E-state index is -0.118. The predicted octanol–water partition coefficient (Wildman–Crippen LogP) is 2.80. The smallest absolute Gasteiger partial charge is 0.224 e. The number of likely N-dealkylation sites (tertiary alicyclic amines) is 1. The molecule has 86 valence electrons. The Bertz CT molecular complexity index is 218. The molecule has 0 amide bonds. The molecule has 2 rings (SSSR count). The third-order valence-corrected chi connectivity index (χ3v) is 4.23. The number of piperidine rings is 1. The molecule has 0 aromatic carbocycles. The normalized spacial score (nSPS) is 33.9. The Morgan fingerprint density at radius 3 is 2.13 bits per heavy atom. The lowest BCUT2D eigenvalue weighted by Gasteiger charge is -2.38. The van der Waals surface area contributed by atoms with E-state index in [9.17, 15) is 4.79 Å². The van der Waals surface area contributed by atoms with Crippen LogP contribution in [0.5, 0.6) is 0 Å². The van der Waals surface area contributed by atoms with Gasteiger partial charge in [0.2, 0.25) is 5.24 Å². The van der Waals surface area contributed by atoms with Crippen LogP contribution in [0, 0.1) is 5.92 Å². The largest absolute Gasteiger partial charge is 0.300 e. The van der Waals surface area contributed by atoms with Crippen molar-refractivity contribution < 1.29 is 4.79 Å². The monoisotopic (exact) mass is 229 g/mol. The number of hydrogen-bond donors (Lipinski definition) is 0. The first-order chi connectivity index (χ1) is 7.27. The van der Waals surface area contributed by atoms with Gasteiger partial charge in [0.15, 0.2) is 0 Å². The molecule has 0 N–H and O–H groups in total. The average Bonchev–Trinajstić information content (AvgIpc) is 2.30. The third-order valence-electron chi connectivity index (χ3n) is 3.92. The topological polar surface area (TPSA) is 20.3 Å². The van der Waals surface area contributed by atoms with Gasteiger partial charge in [-0.05, 0) is 63.2 Å². The van der Waals surface area contributed by atoms with Gasteiger partial charge in [-0.3, -0.25) is 4.79 Å². The van der Waals surface area contributed by atoms with Gasteiger partial charge in [0.25, 0.3) is 0 Å². The van der Waals surface area contributed by atoms with Crippen molar-refractivity contribution in [3.63, 3.8) is 0 Å². The number of carbonyl (C=O) groups is 1. The van der Waals surface area contributed by atoms with E-state index in [1.807, 2.05) is 0 Å². The summed E-state index contributed by atoms with van der Waals surface area (Å²) in [7, 11) is 0. The summed E-state index contributed by atoms with van der Waals surface area (Å²) in [6, 6.07) is 0.734. The summed E-state index contributed by atoms with van der Waals surface area (Å²) < 4.78 is 0. The van der Waals surface area contributed by atoms with Crippen molar-refractivity contribution in [1.29, 1.82) is 0 Å². The van der Waals surface area contributed by atoms with Crippen molar-refractivity contribution in [3.05, 3.63) is 0 Å². The molecule has 1 saturated carbocycles. The van der Waals surface area contributed by atoms with Gasteiger partial charge in [-0.1, -0.05) is 6.42 Å². The van der Waals surface area contributed by atoms with Gasteiger partial charge in [0.1, 0.15) is 0 Å². The van der Waals surface area contributed by atoms with Gasteiger partial charge in [-0.15, -0.1) is 0 Å². The van der Waals surface area contributed by atoms with Gasteiger partial charge in [-0.25, -0.2) is 0 Å². The molecule has 0 atom stereocenters. The Labute approximate surface area is 97.0 Å². The highest BCUT2D eigenvalue weighted by Gasteiger charge is 2.28. The SMILES string of the molecule is O=C(Cl)C1CCC(N2CCCCC2)CC1. The van der Waals surface area contributed by atoms with E-state index in [0.717, 1.165) is 18.9 Å². The van der Waals surface area contributed by atoms with E-state index in [1.165, 1.54) is 45.2 Å². The van der Waals surface area contributed by atoms with Gasteiger partial charge >= 0.3 is 0 Å². The first kappa shape index (κ1) is 11.4. The predicted molar refractivity (Wildman–Crippen MR) is 62.0 cm³/mol. The molecule has 1 saturated heterocycles. The van der Waals surface area contributed by atoms with E-state index in [1.54, 1.807) is 0 Å². The Morgan fingerprint density at radius 2 is 1.60 bits per heavy atom. The van der Waals surface area contributed by atoms with Crippen molar-refractivity contribution in [3.8, 4) is 0 Å². The fourth-order valence-corrected chi connectivity index (χ4v) is 3.17. The van der Waals surface area contributed by atoms with Gasteiger partial charge in [0.05, 0.1) is 0 Å². The average molecular weight is 230 g/mol. The number of carbonyl (C=O) groups excluding carboxylic acids is 1. The summed E-state index contributed by atoms with van der Waals surface area (Å²) in [5, 5.41) is -0.118. The summed E-state index contributed by atoms with van der Waals surface area (Å²) in [4.78, 5) is 13.7. The maximum absolute atomic E-state index is 11.0. The van der Waals surface area contributed by atoms with Crippen LogP contribution in [0.1, 0.15) is 44.9 Å². The van der Waals surface area contributed by atoms with Gasteiger partial charge < -0.3 is 4.90 Å². The number of nitrogens with zero attached hydrogens (tertiary/aromatic N) is 1. The maximum Gasteiger partial charge on any atom is 0.224 e. The zero-order valence-electron chi connectivity index (χ0n) is 9.25. The summed E-state index contributed by atoms with van der Waals surface area (Å²) in [6.45, 7) is 2.54. The quantitative estimate of drug-likeness (QED) is 0.679. The zero-order valence-corrected chi connectivity index (χ0v) is 10.0. The van der Waals surface area contributed by atoms with Crippen LogP contribution in [0.2, 0.25) is 0 Å². The van der Waals surface area contributed by atoms with Crippen LogP contribution in [0.4, 0.5) is 0 Å². The molecule has 0 radical (unpaired) electrons. The fourth-order valence-electron chi connectivity index (χ4n) is 2.95. The molecular formula is C12H20ClNO. The van der Waals surface area contributed by atoms with Crippen LogP contribution >= 0.6 is 11.6 Å². The zero-order chi connectivity index (χ0) is 10.7. The molecule has 15 heavy (non-hydrogen) atoms. The highest BCUT2D eigenvalue weighted by molar-refractivity contribution is 6.63. The first-order valence-corrected chi connectivity index (χ1v) is 6.58. The lowest BCUT2D eigenvalue weighted by atomic mass is 9.85. The molecule has 0 spiro atoms. The number of rotatable bonds is 2. The molecule has 1 aliphatic heterocycles.